The number of aromatic nitrogens is 1. The Morgan fingerprint density at radius 1 is 0.769 bits per heavy atom. The average molecular weight is 739 g/mol. The second-order valence-corrected chi connectivity index (χ2v) is 13.5. The molecule has 4 aromatic carbocycles. The van der Waals surface area contributed by atoms with Gasteiger partial charge in [-0.1, -0.05) is 71.7 Å². The average Bonchev–Trinajstić information content (AvgIpc) is 3.15. The van der Waals surface area contributed by atoms with Crippen LogP contribution >= 0.6 is 23.2 Å². The molecule has 1 aliphatic heterocycles. The summed E-state index contributed by atoms with van der Waals surface area (Å²) < 4.78 is 23.3. The molecule has 268 valence electrons. The van der Waals surface area contributed by atoms with Gasteiger partial charge < -0.3 is 23.8 Å². The monoisotopic (exact) mass is 737 g/mol. The van der Waals surface area contributed by atoms with Crippen molar-refractivity contribution in [2.45, 2.75) is 39.7 Å². The van der Waals surface area contributed by atoms with Crippen LogP contribution in [-0.2, 0) is 24.6 Å². The van der Waals surface area contributed by atoms with Gasteiger partial charge >= 0.3 is 0 Å². The third-order valence-corrected chi connectivity index (χ3v) is 9.03. The lowest BCUT2D eigenvalue weighted by Crippen LogP contribution is -2.47. The summed E-state index contributed by atoms with van der Waals surface area (Å²) >= 11 is 12.7. The molecule has 10 heteroatoms. The van der Waals surface area contributed by atoms with Crippen LogP contribution in [0.3, 0.4) is 0 Å². The largest absolute Gasteiger partial charge is 0.491 e. The number of rotatable bonds is 14. The van der Waals surface area contributed by atoms with Crippen LogP contribution in [0.5, 0.6) is 28.9 Å². The van der Waals surface area contributed by atoms with Crippen molar-refractivity contribution in [1.29, 1.82) is 0 Å². The third kappa shape index (κ3) is 10.7. The minimum absolute atomic E-state index is 0.0245. The van der Waals surface area contributed by atoms with Crippen LogP contribution in [0, 0.1) is 0 Å². The predicted molar refractivity (Wildman–Crippen MR) is 205 cm³/mol. The molecule has 0 spiro atoms. The Balaban J connectivity index is 0.913. The zero-order chi connectivity index (χ0) is 36.3. The topological polar surface area (TPSA) is 73.4 Å². The maximum absolute atomic E-state index is 13.0. The van der Waals surface area contributed by atoms with Crippen LogP contribution in [0.15, 0.2) is 115 Å². The lowest BCUT2D eigenvalue weighted by atomic mass is 10.1. The van der Waals surface area contributed by atoms with Gasteiger partial charge in [-0.25, -0.2) is 4.98 Å². The van der Waals surface area contributed by atoms with E-state index in [4.69, 9.17) is 42.1 Å². The van der Waals surface area contributed by atoms with Crippen molar-refractivity contribution < 1.29 is 23.7 Å². The van der Waals surface area contributed by atoms with Gasteiger partial charge in [0.2, 0.25) is 11.8 Å². The summed E-state index contributed by atoms with van der Waals surface area (Å²) in [5.74, 6) is 3.05. The van der Waals surface area contributed by atoms with Crippen LogP contribution in [-0.4, -0.2) is 53.0 Å². The Hall–Kier alpha value is -5.02. The van der Waals surface area contributed by atoms with Gasteiger partial charge in [0.25, 0.3) is 0 Å². The van der Waals surface area contributed by atoms with Gasteiger partial charge in [0.1, 0.15) is 36.2 Å². The van der Waals surface area contributed by atoms with Gasteiger partial charge in [0.15, 0.2) is 0 Å². The van der Waals surface area contributed by atoms with Crippen LogP contribution < -0.4 is 18.9 Å². The third-order valence-electron chi connectivity index (χ3n) is 8.36. The van der Waals surface area contributed by atoms with E-state index in [-0.39, 0.29) is 12.0 Å². The van der Waals surface area contributed by atoms with Crippen molar-refractivity contribution in [2.24, 2.45) is 0 Å². The molecule has 1 aromatic heterocycles. The van der Waals surface area contributed by atoms with Crippen molar-refractivity contribution >= 4 is 35.2 Å². The highest BCUT2D eigenvalue weighted by Gasteiger charge is 2.20. The number of carbonyl (C=O) groups is 1. The Morgan fingerprint density at radius 2 is 1.46 bits per heavy atom. The molecule has 5 aromatic rings. The number of pyridine rings is 1. The zero-order valence-corrected chi connectivity index (χ0v) is 30.7. The fraction of sp³-hybridized carbons (Fsp3) is 0.238. The first-order valence-corrected chi connectivity index (χ1v) is 18.0. The number of nitrogens with zero attached hydrogens (tertiary/aromatic N) is 3. The quantitative estimate of drug-likeness (QED) is 0.105. The smallest absolute Gasteiger partial charge is 0.246 e. The fourth-order valence-corrected chi connectivity index (χ4v) is 5.97. The minimum Gasteiger partial charge on any atom is -0.491 e. The highest BCUT2D eigenvalue weighted by atomic mass is 35.5. The summed E-state index contributed by atoms with van der Waals surface area (Å²) in [7, 11) is 0. The maximum atomic E-state index is 13.0. The van der Waals surface area contributed by atoms with Crippen LogP contribution in [0.1, 0.15) is 36.1 Å². The fourth-order valence-electron chi connectivity index (χ4n) is 5.56. The van der Waals surface area contributed by atoms with E-state index in [0.717, 1.165) is 47.8 Å². The summed E-state index contributed by atoms with van der Waals surface area (Å²) in [6.45, 7) is 8.63. The van der Waals surface area contributed by atoms with Gasteiger partial charge in [-0.2, -0.15) is 0 Å². The van der Waals surface area contributed by atoms with Gasteiger partial charge in [-0.05, 0) is 85.1 Å². The predicted octanol–water partition coefficient (Wildman–Crippen LogP) is 9.48. The second kappa shape index (κ2) is 18.0. The molecule has 2 heterocycles. The lowest BCUT2D eigenvalue weighted by Gasteiger charge is -2.34. The first-order valence-electron chi connectivity index (χ1n) is 17.2. The van der Waals surface area contributed by atoms with E-state index in [0.29, 0.717) is 53.7 Å². The summed E-state index contributed by atoms with van der Waals surface area (Å²) in [6, 6.07) is 32.6. The molecule has 0 aliphatic carbocycles. The van der Waals surface area contributed by atoms with E-state index in [1.165, 1.54) is 5.56 Å². The van der Waals surface area contributed by atoms with E-state index in [1.54, 1.807) is 42.6 Å². The Kier molecular flexibility index (Phi) is 12.7. The van der Waals surface area contributed by atoms with Gasteiger partial charge in [0.05, 0.1) is 17.3 Å². The molecule has 0 radical (unpaired) electrons. The van der Waals surface area contributed by atoms with Crippen molar-refractivity contribution in [3.8, 4) is 28.9 Å². The molecule has 0 atom stereocenters. The number of piperazine rings is 1. The van der Waals surface area contributed by atoms with Crippen LogP contribution in [0.2, 0.25) is 10.0 Å². The minimum atomic E-state index is -0.0245. The van der Waals surface area contributed by atoms with Crippen LogP contribution in [0.4, 0.5) is 0 Å². The summed E-state index contributed by atoms with van der Waals surface area (Å²) in [4.78, 5) is 21.6. The van der Waals surface area contributed by atoms with E-state index in [1.807, 2.05) is 73.3 Å². The molecule has 1 saturated heterocycles. The lowest BCUT2D eigenvalue weighted by molar-refractivity contribution is -0.127. The molecule has 52 heavy (non-hydrogen) atoms. The van der Waals surface area contributed by atoms with E-state index in [2.05, 4.69) is 34.1 Å². The number of carbonyl (C=O) groups excluding carboxylic acids is 1. The standard InChI is InChI=1S/C42H41Cl2N3O5/c1-30(2)51-36-15-13-35(14-16-36)49-28-33-9-7-32(8-10-33)27-46-21-23-47(24-22-46)42(48)20-12-31-11-18-40(39(44)25-31)52-41-19-17-37(26-45-41)50-29-34-5-3-4-6-38(34)43/h3-20,25-26,30H,21-24,27-29H2,1-2H3. The second-order valence-electron chi connectivity index (χ2n) is 12.7. The highest BCUT2D eigenvalue weighted by Crippen LogP contribution is 2.30. The molecular formula is C42H41Cl2N3O5. The summed E-state index contributed by atoms with van der Waals surface area (Å²) in [5, 5.41) is 1.06. The molecule has 0 saturated carbocycles. The number of ether oxygens (including phenoxy) is 4. The van der Waals surface area contributed by atoms with Gasteiger partial charge in [-0.15, -0.1) is 0 Å². The zero-order valence-electron chi connectivity index (χ0n) is 29.2. The van der Waals surface area contributed by atoms with E-state index in [9.17, 15) is 4.79 Å². The molecular weight excluding hydrogens is 697 g/mol. The van der Waals surface area contributed by atoms with Crippen molar-refractivity contribution in [3.05, 3.63) is 148 Å². The highest BCUT2D eigenvalue weighted by molar-refractivity contribution is 6.32. The molecule has 0 bridgehead atoms. The summed E-state index contributed by atoms with van der Waals surface area (Å²) in [5.41, 5.74) is 4.02. The number of hydrogen-bond donors (Lipinski definition) is 0. The Labute approximate surface area is 315 Å². The first kappa shape index (κ1) is 36.8. The normalized spacial score (nSPS) is 13.4. The Morgan fingerprint density at radius 3 is 2.15 bits per heavy atom. The SMILES string of the molecule is CC(C)Oc1ccc(OCc2ccc(CN3CCN(C(=O)C=Cc4ccc(Oc5ccc(OCc6ccccc6Cl)cn5)c(Cl)c4)CC3)cc2)cc1. The van der Waals surface area contributed by atoms with Crippen molar-refractivity contribution in [1.82, 2.24) is 14.8 Å². The number of halogens is 2. The van der Waals surface area contributed by atoms with E-state index < -0.39 is 0 Å². The molecule has 1 fully saturated rings. The van der Waals surface area contributed by atoms with Crippen LogP contribution in [0.25, 0.3) is 6.08 Å². The number of benzene rings is 4. The summed E-state index contributed by atoms with van der Waals surface area (Å²) in [6.07, 6.45) is 5.10. The molecule has 1 amide bonds. The molecule has 1 aliphatic rings. The van der Waals surface area contributed by atoms with Gasteiger partial charge in [0, 0.05) is 55.5 Å². The maximum Gasteiger partial charge on any atom is 0.246 e. The molecule has 8 nitrogen and oxygen atoms in total. The number of amides is 1. The molecule has 6 rings (SSSR count). The molecule has 0 unspecified atom stereocenters. The Bertz CT molecular complexity index is 1940. The van der Waals surface area contributed by atoms with Crippen molar-refractivity contribution in [2.75, 3.05) is 26.2 Å². The molecule has 0 N–H and O–H groups in total. The number of hydrogen-bond acceptors (Lipinski definition) is 7. The first-order chi connectivity index (χ1) is 25.3. The van der Waals surface area contributed by atoms with E-state index >= 15 is 0 Å². The van der Waals surface area contributed by atoms with Gasteiger partial charge in [-0.3, -0.25) is 9.69 Å². The van der Waals surface area contributed by atoms with Crippen molar-refractivity contribution in [3.63, 3.8) is 0 Å².